The van der Waals surface area contributed by atoms with Crippen molar-refractivity contribution < 1.29 is 32.1 Å². The molecule has 0 aromatic rings. The van der Waals surface area contributed by atoms with Crippen LogP contribution in [0.4, 0.5) is 0 Å². The van der Waals surface area contributed by atoms with Gasteiger partial charge in [0, 0.05) is 27.3 Å². The summed E-state index contributed by atoms with van der Waals surface area (Å²) in [5, 5.41) is 0. The van der Waals surface area contributed by atoms with E-state index in [9.17, 15) is 19.2 Å². The fourth-order valence-electron chi connectivity index (χ4n) is 7.32. The number of carbonyl (C=O) groups is 4. The number of nitrogens with zero attached hydrogens (tertiary/aromatic N) is 2. The van der Waals surface area contributed by atoms with Gasteiger partial charge in [-0.25, -0.2) is 0 Å². The topological polar surface area (TPSA) is 102 Å². The van der Waals surface area contributed by atoms with E-state index in [4.69, 9.17) is 13.0 Å². The first-order valence-corrected chi connectivity index (χ1v) is 20.0. The molecule has 39 heavy (non-hydrogen) atoms. The third-order valence-corrected chi connectivity index (χ3v) is 17.6. The Hall–Kier alpha value is -1.41. The molecule has 0 aromatic carbocycles. The first-order chi connectivity index (χ1) is 18.4. The number of amides is 4. The molecule has 2 heterocycles. The van der Waals surface area contributed by atoms with Crippen molar-refractivity contribution >= 4 is 40.8 Å². The SMILES string of the molecule is CO[Si](C)(CCCN1C(=O)C2CCC(C)CC2C1=O)O[Si](C)(CCCN1C(=O)C2CCC(C)CC2C1=O)OC. The molecule has 0 radical (unpaired) electrons. The van der Waals surface area contributed by atoms with E-state index in [-0.39, 0.29) is 47.3 Å². The largest absolute Gasteiger partial charge is 0.415 e. The molecule has 2 aliphatic carbocycles. The normalized spacial score (nSPS) is 34.2. The molecule has 0 N–H and O–H groups in total. The van der Waals surface area contributed by atoms with Crippen molar-refractivity contribution in [1.82, 2.24) is 9.80 Å². The Kier molecular flexibility index (Phi) is 9.57. The third kappa shape index (κ3) is 6.42. The lowest BCUT2D eigenvalue weighted by atomic mass is 9.76. The van der Waals surface area contributed by atoms with Crippen LogP contribution in [0.1, 0.15) is 65.2 Å². The van der Waals surface area contributed by atoms with Gasteiger partial charge in [-0.15, -0.1) is 0 Å². The zero-order valence-electron chi connectivity index (χ0n) is 24.7. The van der Waals surface area contributed by atoms with Crippen molar-refractivity contribution in [2.75, 3.05) is 27.3 Å². The monoisotopic (exact) mass is 580 g/mol. The van der Waals surface area contributed by atoms with Gasteiger partial charge >= 0.3 is 17.1 Å². The van der Waals surface area contributed by atoms with Gasteiger partial charge in [-0.3, -0.25) is 29.0 Å². The van der Waals surface area contributed by atoms with Crippen LogP contribution < -0.4 is 0 Å². The average Bonchev–Trinajstić information content (AvgIpc) is 3.28. The number of hydrogen-bond donors (Lipinski definition) is 0. The molecule has 4 rings (SSSR count). The summed E-state index contributed by atoms with van der Waals surface area (Å²) in [6, 6.07) is 1.28. The maximum absolute atomic E-state index is 13.0. The first kappa shape index (κ1) is 30.6. The molecule has 4 aliphatic rings. The van der Waals surface area contributed by atoms with Gasteiger partial charge in [0.25, 0.3) is 0 Å². The summed E-state index contributed by atoms with van der Waals surface area (Å²) in [7, 11) is -1.98. The minimum Gasteiger partial charge on any atom is -0.415 e. The van der Waals surface area contributed by atoms with Crippen LogP contribution in [0.25, 0.3) is 0 Å². The van der Waals surface area contributed by atoms with Crippen molar-refractivity contribution in [3.63, 3.8) is 0 Å². The van der Waals surface area contributed by atoms with Gasteiger partial charge in [-0.2, -0.15) is 0 Å². The molecule has 0 aromatic heterocycles. The molecule has 2 aliphatic heterocycles. The van der Waals surface area contributed by atoms with Crippen LogP contribution in [0.2, 0.25) is 25.2 Å². The zero-order chi connectivity index (χ0) is 28.5. The van der Waals surface area contributed by atoms with E-state index in [2.05, 4.69) is 13.8 Å². The molecule has 11 heteroatoms. The molecule has 220 valence electrons. The molecule has 2 saturated carbocycles. The van der Waals surface area contributed by atoms with Crippen molar-refractivity contribution in [1.29, 1.82) is 0 Å². The summed E-state index contributed by atoms with van der Waals surface area (Å²) in [5.41, 5.74) is 0. The maximum Gasteiger partial charge on any atom is 0.325 e. The van der Waals surface area contributed by atoms with Crippen LogP contribution in [0.15, 0.2) is 0 Å². The van der Waals surface area contributed by atoms with Gasteiger partial charge in [0.05, 0.1) is 23.7 Å². The van der Waals surface area contributed by atoms with Crippen LogP contribution in [-0.2, 0) is 32.1 Å². The fraction of sp³-hybridized carbons (Fsp3) is 0.857. The highest BCUT2D eigenvalue weighted by Crippen LogP contribution is 2.42. The minimum absolute atomic E-state index is 0.00461. The van der Waals surface area contributed by atoms with Crippen LogP contribution in [-0.4, -0.2) is 77.9 Å². The lowest BCUT2D eigenvalue weighted by Gasteiger charge is -2.36. The highest BCUT2D eigenvalue weighted by atomic mass is 28.5. The summed E-state index contributed by atoms with van der Waals surface area (Å²) in [5.74, 6) is 0.403. The Morgan fingerprint density at radius 1 is 0.641 bits per heavy atom. The second kappa shape index (κ2) is 12.2. The summed E-state index contributed by atoms with van der Waals surface area (Å²) in [4.78, 5) is 54.7. The summed E-state index contributed by atoms with van der Waals surface area (Å²) in [6.45, 7) is 9.14. The van der Waals surface area contributed by atoms with Gasteiger partial charge in [-0.05, 0) is 88.4 Å². The highest BCUT2D eigenvalue weighted by molar-refractivity contribution is 6.80. The zero-order valence-corrected chi connectivity index (χ0v) is 26.7. The summed E-state index contributed by atoms with van der Waals surface area (Å²) < 4.78 is 18.5. The van der Waals surface area contributed by atoms with Crippen LogP contribution >= 0.6 is 0 Å². The second-order valence-corrected chi connectivity index (χ2v) is 20.1. The molecule has 9 nitrogen and oxygen atoms in total. The smallest absolute Gasteiger partial charge is 0.325 e. The molecule has 4 amide bonds. The third-order valence-electron chi connectivity index (χ3n) is 9.88. The summed E-state index contributed by atoms with van der Waals surface area (Å²) in [6.07, 6.45) is 6.54. The standard InChI is InChI=1S/C28H48N2O7Si2/c1-19-9-11-21-23(17-19)27(33)29(25(21)31)13-7-15-38(5,35-3)37-39(6,36-4)16-8-14-30-26(32)22-12-10-20(2)18-24(22)28(30)34/h19-24H,7-18H2,1-6H3. The Morgan fingerprint density at radius 2 is 1.00 bits per heavy atom. The Balaban J connectivity index is 1.28. The molecule has 8 atom stereocenters. The van der Waals surface area contributed by atoms with E-state index in [1.807, 2.05) is 13.1 Å². The van der Waals surface area contributed by atoms with Crippen molar-refractivity contribution in [2.24, 2.45) is 35.5 Å². The van der Waals surface area contributed by atoms with E-state index in [0.717, 1.165) is 38.5 Å². The van der Waals surface area contributed by atoms with Crippen molar-refractivity contribution in [2.45, 2.75) is 90.4 Å². The molecular weight excluding hydrogens is 532 g/mol. The fourth-order valence-corrected chi connectivity index (χ4v) is 14.5. The summed E-state index contributed by atoms with van der Waals surface area (Å²) >= 11 is 0. The first-order valence-electron chi connectivity index (χ1n) is 14.9. The second-order valence-electron chi connectivity index (χ2n) is 12.9. The number of likely N-dealkylation sites (tertiary alicyclic amines) is 2. The van der Waals surface area contributed by atoms with Crippen LogP contribution in [0.5, 0.6) is 0 Å². The number of fused-ring (bicyclic) bond motifs is 2. The van der Waals surface area contributed by atoms with Crippen LogP contribution in [0, 0.1) is 35.5 Å². The Labute approximate surface area is 235 Å². The van der Waals surface area contributed by atoms with Gasteiger partial charge in [0.1, 0.15) is 0 Å². The van der Waals surface area contributed by atoms with E-state index >= 15 is 0 Å². The van der Waals surface area contributed by atoms with Gasteiger partial charge < -0.3 is 13.0 Å². The molecule has 0 spiro atoms. The molecule has 8 unspecified atom stereocenters. The molecule has 4 fully saturated rings. The highest BCUT2D eigenvalue weighted by Gasteiger charge is 2.51. The van der Waals surface area contributed by atoms with E-state index in [0.29, 0.717) is 49.9 Å². The quantitative estimate of drug-likeness (QED) is 0.253. The van der Waals surface area contributed by atoms with Gasteiger partial charge in [-0.1, -0.05) is 13.8 Å². The van der Waals surface area contributed by atoms with E-state index < -0.39 is 17.1 Å². The number of imide groups is 2. The predicted octanol–water partition coefficient (Wildman–Crippen LogP) is 4.06. The van der Waals surface area contributed by atoms with E-state index in [1.54, 1.807) is 14.2 Å². The van der Waals surface area contributed by atoms with E-state index in [1.165, 1.54) is 9.80 Å². The number of rotatable bonds is 12. The Bertz CT molecular complexity index is 892. The Morgan fingerprint density at radius 3 is 1.36 bits per heavy atom. The van der Waals surface area contributed by atoms with Gasteiger partial charge in [0.2, 0.25) is 23.6 Å². The minimum atomic E-state index is -2.65. The maximum atomic E-state index is 13.0. The molecular formula is C28H48N2O7Si2. The van der Waals surface area contributed by atoms with Crippen molar-refractivity contribution in [3.05, 3.63) is 0 Å². The molecule has 2 saturated heterocycles. The predicted molar refractivity (Wildman–Crippen MR) is 151 cm³/mol. The van der Waals surface area contributed by atoms with Crippen LogP contribution in [0.3, 0.4) is 0 Å². The lowest BCUT2D eigenvalue weighted by Crippen LogP contribution is -2.51. The molecule has 0 bridgehead atoms. The number of hydrogen-bond acceptors (Lipinski definition) is 7. The number of carbonyl (C=O) groups excluding carboxylic acids is 4. The van der Waals surface area contributed by atoms with Crippen molar-refractivity contribution in [3.8, 4) is 0 Å². The van der Waals surface area contributed by atoms with Gasteiger partial charge in [0.15, 0.2) is 0 Å². The average molecular weight is 581 g/mol. The lowest BCUT2D eigenvalue weighted by molar-refractivity contribution is -0.141.